The molecule has 2 rings (SSSR count). The fourth-order valence-corrected chi connectivity index (χ4v) is 2.08. The Kier molecular flexibility index (Phi) is 3.69. The fourth-order valence-electron chi connectivity index (χ4n) is 1.81. The summed E-state index contributed by atoms with van der Waals surface area (Å²) in [6, 6.07) is 1.56. The molecule has 0 atom stereocenters. The van der Waals surface area contributed by atoms with E-state index in [-0.39, 0.29) is 11.1 Å². The number of nitrogens with zero attached hydrogens (tertiary/aromatic N) is 2. The van der Waals surface area contributed by atoms with Crippen LogP contribution >= 0.6 is 23.2 Å². The summed E-state index contributed by atoms with van der Waals surface area (Å²) >= 11 is 11.6. The summed E-state index contributed by atoms with van der Waals surface area (Å²) in [4.78, 5) is 17.8. The van der Waals surface area contributed by atoms with Gasteiger partial charge in [0, 0.05) is 19.3 Å². The van der Waals surface area contributed by atoms with Crippen molar-refractivity contribution in [2.75, 3.05) is 13.1 Å². The zero-order valence-corrected chi connectivity index (χ0v) is 10.9. The van der Waals surface area contributed by atoms with Crippen LogP contribution in [0.15, 0.2) is 23.9 Å². The van der Waals surface area contributed by atoms with E-state index in [1.807, 2.05) is 6.92 Å². The van der Waals surface area contributed by atoms with Crippen LogP contribution in [0.3, 0.4) is 0 Å². The highest BCUT2D eigenvalue weighted by atomic mass is 35.5. The summed E-state index contributed by atoms with van der Waals surface area (Å²) < 4.78 is 0. The van der Waals surface area contributed by atoms with Crippen molar-refractivity contribution in [1.29, 1.82) is 0 Å². The van der Waals surface area contributed by atoms with Crippen LogP contribution in [0.25, 0.3) is 0 Å². The van der Waals surface area contributed by atoms with Gasteiger partial charge in [-0.1, -0.05) is 34.9 Å². The molecule has 1 aromatic heterocycles. The lowest BCUT2D eigenvalue weighted by Crippen LogP contribution is -2.35. The molecule has 17 heavy (non-hydrogen) atoms. The lowest BCUT2D eigenvalue weighted by atomic mass is 10.1. The van der Waals surface area contributed by atoms with Crippen molar-refractivity contribution in [2.24, 2.45) is 0 Å². The Labute approximate surface area is 110 Å². The van der Waals surface area contributed by atoms with Gasteiger partial charge in [-0.3, -0.25) is 4.79 Å². The number of pyridine rings is 1. The summed E-state index contributed by atoms with van der Waals surface area (Å²) in [6.07, 6.45) is 4.51. The molecule has 0 fully saturated rings. The summed E-state index contributed by atoms with van der Waals surface area (Å²) in [7, 11) is 0. The van der Waals surface area contributed by atoms with Gasteiger partial charge in [-0.15, -0.1) is 0 Å². The van der Waals surface area contributed by atoms with Crippen LogP contribution in [-0.4, -0.2) is 28.9 Å². The third kappa shape index (κ3) is 2.79. The Morgan fingerprint density at radius 1 is 1.47 bits per heavy atom. The van der Waals surface area contributed by atoms with Gasteiger partial charge in [0.1, 0.15) is 5.15 Å². The first-order valence-corrected chi connectivity index (χ1v) is 6.09. The van der Waals surface area contributed by atoms with Crippen molar-refractivity contribution in [3.8, 4) is 0 Å². The van der Waals surface area contributed by atoms with Gasteiger partial charge in [0.2, 0.25) is 0 Å². The third-order valence-electron chi connectivity index (χ3n) is 2.66. The number of carbonyl (C=O) groups is 1. The number of carbonyl (C=O) groups excluding carboxylic acids is 1. The van der Waals surface area contributed by atoms with E-state index in [2.05, 4.69) is 11.1 Å². The molecule has 0 spiro atoms. The summed E-state index contributed by atoms with van der Waals surface area (Å²) in [5, 5.41) is 0.528. The zero-order chi connectivity index (χ0) is 12.4. The van der Waals surface area contributed by atoms with E-state index in [1.54, 1.807) is 11.0 Å². The lowest BCUT2D eigenvalue weighted by Gasteiger charge is -2.26. The number of aromatic nitrogens is 1. The SMILES string of the molecule is CC1=CCCN(C(=O)c2cnc(Cl)c(Cl)c2)C1. The Morgan fingerprint density at radius 2 is 2.24 bits per heavy atom. The van der Waals surface area contributed by atoms with Gasteiger partial charge in [0.15, 0.2) is 0 Å². The van der Waals surface area contributed by atoms with Crippen molar-refractivity contribution >= 4 is 29.1 Å². The van der Waals surface area contributed by atoms with Crippen LogP contribution in [0.5, 0.6) is 0 Å². The molecule has 1 aromatic rings. The highest BCUT2D eigenvalue weighted by molar-refractivity contribution is 6.41. The average Bonchev–Trinajstić information content (AvgIpc) is 2.32. The van der Waals surface area contributed by atoms with E-state index in [0.717, 1.165) is 13.0 Å². The first-order chi connectivity index (χ1) is 8.08. The molecule has 0 aliphatic carbocycles. The maximum atomic E-state index is 12.2. The molecular weight excluding hydrogens is 259 g/mol. The Balaban J connectivity index is 2.19. The van der Waals surface area contributed by atoms with Crippen molar-refractivity contribution in [2.45, 2.75) is 13.3 Å². The molecule has 0 unspecified atom stereocenters. The Morgan fingerprint density at radius 3 is 2.88 bits per heavy atom. The molecule has 0 saturated heterocycles. The van der Waals surface area contributed by atoms with Crippen molar-refractivity contribution < 1.29 is 4.79 Å². The van der Waals surface area contributed by atoms with Crippen molar-refractivity contribution in [1.82, 2.24) is 9.88 Å². The van der Waals surface area contributed by atoms with Crippen LogP contribution in [-0.2, 0) is 0 Å². The molecule has 90 valence electrons. The van der Waals surface area contributed by atoms with Crippen LogP contribution < -0.4 is 0 Å². The van der Waals surface area contributed by atoms with E-state index >= 15 is 0 Å². The first kappa shape index (κ1) is 12.4. The van der Waals surface area contributed by atoms with E-state index < -0.39 is 0 Å². The summed E-state index contributed by atoms with van der Waals surface area (Å²) in [5.74, 6) is -0.0523. The second-order valence-electron chi connectivity index (χ2n) is 4.06. The largest absolute Gasteiger partial charge is 0.334 e. The molecule has 0 aromatic carbocycles. The quantitative estimate of drug-likeness (QED) is 0.580. The smallest absolute Gasteiger partial charge is 0.255 e. The van der Waals surface area contributed by atoms with Gasteiger partial charge in [-0.2, -0.15) is 0 Å². The van der Waals surface area contributed by atoms with E-state index in [1.165, 1.54) is 11.8 Å². The van der Waals surface area contributed by atoms with Gasteiger partial charge < -0.3 is 4.90 Å². The number of amides is 1. The maximum Gasteiger partial charge on any atom is 0.255 e. The third-order valence-corrected chi connectivity index (χ3v) is 3.35. The predicted octanol–water partition coefficient (Wildman–Crippen LogP) is 3.18. The molecule has 5 heteroatoms. The summed E-state index contributed by atoms with van der Waals surface area (Å²) in [6.45, 7) is 3.42. The standard InChI is InChI=1S/C12H12Cl2N2O/c1-8-3-2-4-16(7-8)12(17)9-5-10(13)11(14)15-6-9/h3,5-6H,2,4,7H2,1H3. The maximum absolute atomic E-state index is 12.2. The number of halogens is 2. The molecule has 0 bridgehead atoms. The minimum absolute atomic E-state index is 0.0523. The molecular formula is C12H12Cl2N2O. The van der Waals surface area contributed by atoms with Crippen LogP contribution in [0, 0.1) is 0 Å². The number of rotatable bonds is 1. The highest BCUT2D eigenvalue weighted by Gasteiger charge is 2.19. The topological polar surface area (TPSA) is 33.2 Å². The molecule has 1 amide bonds. The molecule has 0 radical (unpaired) electrons. The number of hydrogen-bond donors (Lipinski definition) is 0. The molecule has 1 aliphatic heterocycles. The lowest BCUT2D eigenvalue weighted by molar-refractivity contribution is 0.0765. The Hall–Kier alpha value is -1.06. The fraction of sp³-hybridized carbons (Fsp3) is 0.333. The second kappa shape index (κ2) is 5.07. The minimum atomic E-state index is -0.0523. The number of hydrogen-bond acceptors (Lipinski definition) is 2. The molecule has 0 N–H and O–H groups in total. The molecule has 2 heterocycles. The minimum Gasteiger partial charge on any atom is -0.334 e. The second-order valence-corrected chi connectivity index (χ2v) is 4.83. The molecule has 0 saturated carbocycles. The van der Waals surface area contributed by atoms with Crippen molar-refractivity contribution in [3.63, 3.8) is 0 Å². The first-order valence-electron chi connectivity index (χ1n) is 5.34. The highest BCUT2D eigenvalue weighted by Crippen LogP contribution is 2.21. The van der Waals surface area contributed by atoms with Crippen molar-refractivity contribution in [3.05, 3.63) is 39.7 Å². The normalized spacial score (nSPS) is 15.7. The van der Waals surface area contributed by atoms with E-state index in [9.17, 15) is 4.79 Å². The van der Waals surface area contributed by atoms with Gasteiger partial charge in [-0.05, 0) is 19.4 Å². The summed E-state index contributed by atoms with van der Waals surface area (Å²) in [5.41, 5.74) is 1.69. The Bertz CT molecular complexity index is 485. The zero-order valence-electron chi connectivity index (χ0n) is 9.41. The monoisotopic (exact) mass is 270 g/mol. The van der Waals surface area contributed by atoms with Gasteiger partial charge in [0.05, 0.1) is 10.6 Å². The van der Waals surface area contributed by atoms with E-state index in [0.29, 0.717) is 17.1 Å². The van der Waals surface area contributed by atoms with Crippen LogP contribution in [0.4, 0.5) is 0 Å². The molecule has 3 nitrogen and oxygen atoms in total. The predicted molar refractivity (Wildman–Crippen MR) is 68.5 cm³/mol. The van der Waals surface area contributed by atoms with E-state index in [4.69, 9.17) is 23.2 Å². The van der Waals surface area contributed by atoms with Gasteiger partial charge >= 0.3 is 0 Å². The van der Waals surface area contributed by atoms with Gasteiger partial charge in [0.25, 0.3) is 5.91 Å². The van der Waals surface area contributed by atoms with Crippen LogP contribution in [0.1, 0.15) is 23.7 Å². The van der Waals surface area contributed by atoms with Crippen LogP contribution in [0.2, 0.25) is 10.2 Å². The average molecular weight is 271 g/mol. The molecule has 1 aliphatic rings. The van der Waals surface area contributed by atoms with Gasteiger partial charge in [-0.25, -0.2) is 4.98 Å².